The molecule has 3 aromatic carbocycles. The molecule has 1 amide bonds. The highest BCUT2D eigenvalue weighted by atomic mass is 32.2. The lowest BCUT2D eigenvalue weighted by atomic mass is 10.0. The largest absolute Gasteiger partial charge is 0.491 e. The first kappa shape index (κ1) is 29.2. The van der Waals surface area contributed by atoms with Crippen molar-refractivity contribution in [2.24, 2.45) is 0 Å². The van der Waals surface area contributed by atoms with Gasteiger partial charge in [0.15, 0.2) is 6.10 Å². The summed E-state index contributed by atoms with van der Waals surface area (Å²) in [5.41, 5.74) is 1.11. The number of esters is 1. The van der Waals surface area contributed by atoms with Crippen molar-refractivity contribution in [1.82, 2.24) is 0 Å². The molecule has 3 aromatic rings. The second-order valence-corrected chi connectivity index (χ2v) is 9.12. The average Bonchev–Trinajstić information content (AvgIpc) is 2.95. The van der Waals surface area contributed by atoms with Gasteiger partial charge in [-0.2, -0.15) is 12.6 Å². The van der Waals surface area contributed by atoms with Gasteiger partial charge in [0.2, 0.25) is 0 Å². The topological polar surface area (TPSA) is 103 Å². The van der Waals surface area contributed by atoms with Crippen LogP contribution in [0, 0.1) is 0 Å². The van der Waals surface area contributed by atoms with Gasteiger partial charge < -0.3 is 24.1 Å². The first-order chi connectivity index (χ1) is 18.5. The molecule has 0 aliphatic carbocycles. The van der Waals surface area contributed by atoms with Crippen LogP contribution in [-0.2, 0) is 14.3 Å². The summed E-state index contributed by atoms with van der Waals surface area (Å²) in [7, 11) is 0. The molecule has 2 atom stereocenters. The maximum Gasteiger partial charge on any atom is 0.412 e. The minimum Gasteiger partial charge on any atom is -0.491 e. The molecule has 0 spiro atoms. The van der Waals surface area contributed by atoms with Gasteiger partial charge in [0.25, 0.3) is 0 Å². The minimum atomic E-state index is -0.953. The molecule has 0 fully saturated rings. The van der Waals surface area contributed by atoms with Gasteiger partial charge in [-0.3, -0.25) is 10.1 Å². The zero-order chi connectivity index (χ0) is 27.2. The second-order valence-electron chi connectivity index (χ2n) is 7.93. The van der Waals surface area contributed by atoms with Crippen molar-refractivity contribution in [1.29, 1.82) is 0 Å². The molecule has 0 aromatic heterocycles. The quantitative estimate of drug-likeness (QED) is 0.138. The molecule has 0 bridgehead atoms. The molecule has 0 saturated heterocycles. The molecule has 202 valence electrons. The average molecular weight is 558 g/mol. The Hall–Kier alpha value is -3.34. The van der Waals surface area contributed by atoms with Crippen molar-refractivity contribution in [3.8, 4) is 11.5 Å². The molecule has 0 unspecified atom stereocenters. The lowest BCUT2D eigenvalue weighted by Gasteiger charge is -2.29. The SMILES string of the molecule is CSc1ccc(NC(=O)O[C@@H](c2ccccc2OCCO)[C@H](CCOC(=O)CS)Oc2ccccc2)cc1. The fourth-order valence-corrected chi connectivity index (χ4v) is 4.06. The highest BCUT2D eigenvalue weighted by molar-refractivity contribution is 7.98. The van der Waals surface area contributed by atoms with E-state index in [0.717, 1.165) is 4.90 Å². The number of carbonyl (C=O) groups excluding carboxylic acids is 2. The molecule has 0 heterocycles. The summed E-state index contributed by atoms with van der Waals surface area (Å²) in [4.78, 5) is 25.9. The number of para-hydroxylation sites is 2. The van der Waals surface area contributed by atoms with Crippen LogP contribution in [0.15, 0.2) is 83.8 Å². The molecule has 0 aliphatic rings. The number of aliphatic hydroxyl groups excluding tert-OH is 1. The molecule has 38 heavy (non-hydrogen) atoms. The Kier molecular flexibility index (Phi) is 12.2. The zero-order valence-electron chi connectivity index (χ0n) is 20.9. The summed E-state index contributed by atoms with van der Waals surface area (Å²) in [6, 6.07) is 23.5. The number of thioether (sulfide) groups is 1. The van der Waals surface area contributed by atoms with Crippen LogP contribution in [0.1, 0.15) is 18.1 Å². The number of anilines is 1. The molecule has 2 N–H and O–H groups in total. The highest BCUT2D eigenvalue weighted by Crippen LogP contribution is 2.34. The molecule has 0 saturated carbocycles. The first-order valence-corrected chi connectivity index (χ1v) is 13.8. The first-order valence-electron chi connectivity index (χ1n) is 12.0. The van der Waals surface area contributed by atoms with Gasteiger partial charge in [0.05, 0.1) is 19.0 Å². The number of amides is 1. The monoisotopic (exact) mass is 557 g/mol. The smallest absolute Gasteiger partial charge is 0.412 e. The van der Waals surface area contributed by atoms with E-state index in [0.29, 0.717) is 22.7 Å². The van der Waals surface area contributed by atoms with E-state index in [9.17, 15) is 14.7 Å². The molecule has 8 nitrogen and oxygen atoms in total. The maximum atomic E-state index is 13.1. The predicted molar refractivity (Wildman–Crippen MR) is 150 cm³/mol. The number of hydrogen-bond donors (Lipinski definition) is 3. The van der Waals surface area contributed by atoms with Gasteiger partial charge in [0.1, 0.15) is 24.2 Å². The van der Waals surface area contributed by atoms with Gasteiger partial charge in [-0.05, 0) is 48.7 Å². The van der Waals surface area contributed by atoms with Crippen molar-refractivity contribution in [3.63, 3.8) is 0 Å². The van der Waals surface area contributed by atoms with Gasteiger partial charge in [0, 0.05) is 22.6 Å². The third kappa shape index (κ3) is 9.20. The van der Waals surface area contributed by atoms with Crippen LogP contribution >= 0.6 is 24.4 Å². The number of benzene rings is 3. The molecular weight excluding hydrogens is 526 g/mol. The van der Waals surface area contributed by atoms with E-state index < -0.39 is 24.3 Å². The molecule has 10 heteroatoms. The maximum absolute atomic E-state index is 13.1. The lowest BCUT2D eigenvalue weighted by molar-refractivity contribution is -0.141. The van der Waals surface area contributed by atoms with Crippen molar-refractivity contribution >= 4 is 42.1 Å². The lowest BCUT2D eigenvalue weighted by Crippen LogP contribution is -2.32. The summed E-state index contributed by atoms with van der Waals surface area (Å²) in [6.07, 6.45) is -0.224. The van der Waals surface area contributed by atoms with E-state index >= 15 is 0 Å². The van der Waals surface area contributed by atoms with E-state index in [1.807, 2.05) is 36.6 Å². The number of hydrogen-bond acceptors (Lipinski definition) is 9. The third-order valence-electron chi connectivity index (χ3n) is 5.31. The number of rotatable bonds is 14. The fraction of sp³-hybridized carbons (Fsp3) is 0.286. The number of ether oxygens (including phenoxy) is 4. The molecule has 3 rings (SSSR count). The summed E-state index contributed by atoms with van der Waals surface area (Å²) in [6.45, 7) is -0.105. The number of nitrogens with one attached hydrogen (secondary N) is 1. The van der Waals surface area contributed by atoms with Crippen LogP contribution in [0.25, 0.3) is 0 Å². The third-order valence-corrected chi connectivity index (χ3v) is 6.31. The van der Waals surface area contributed by atoms with E-state index in [1.54, 1.807) is 60.3 Å². The molecule has 0 radical (unpaired) electrons. The van der Waals surface area contributed by atoms with Gasteiger partial charge >= 0.3 is 12.1 Å². The number of aliphatic hydroxyl groups is 1. The number of thiol groups is 1. The van der Waals surface area contributed by atoms with Crippen LogP contribution in [0.5, 0.6) is 11.5 Å². The van der Waals surface area contributed by atoms with E-state index in [-0.39, 0.29) is 32.0 Å². The second kappa shape index (κ2) is 15.8. The normalized spacial score (nSPS) is 12.2. The van der Waals surface area contributed by atoms with Gasteiger partial charge in [-0.15, -0.1) is 11.8 Å². The van der Waals surface area contributed by atoms with E-state index in [1.165, 1.54) is 0 Å². The Morgan fingerprint density at radius 1 is 0.974 bits per heavy atom. The van der Waals surface area contributed by atoms with Crippen LogP contribution in [0.2, 0.25) is 0 Å². The molecule has 0 aliphatic heterocycles. The summed E-state index contributed by atoms with van der Waals surface area (Å²) >= 11 is 5.54. The van der Waals surface area contributed by atoms with Crippen molar-refractivity contribution in [2.45, 2.75) is 23.5 Å². The Balaban J connectivity index is 1.92. The van der Waals surface area contributed by atoms with Crippen LogP contribution in [0.3, 0.4) is 0 Å². The summed E-state index contributed by atoms with van der Waals surface area (Å²) in [5, 5.41) is 12.1. The predicted octanol–water partition coefficient (Wildman–Crippen LogP) is 5.38. The van der Waals surface area contributed by atoms with Crippen LogP contribution in [-0.4, -0.2) is 55.1 Å². The van der Waals surface area contributed by atoms with Gasteiger partial charge in [-0.25, -0.2) is 4.79 Å². The Morgan fingerprint density at radius 2 is 1.68 bits per heavy atom. The van der Waals surface area contributed by atoms with Crippen molar-refractivity contribution in [3.05, 3.63) is 84.4 Å². The molecular formula is C28H31NO7S2. The Bertz CT molecular complexity index is 1150. The number of carbonyl (C=O) groups is 2. The van der Waals surface area contributed by atoms with E-state index in [2.05, 4.69) is 17.9 Å². The van der Waals surface area contributed by atoms with E-state index in [4.69, 9.17) is 18.9 Å². The van der Waals surface area contributed by atoms with Crippen molar-refractivity contribution in [2.75, 3.05) is 37.1 Å². The van der Waals surface area contributed by atoms with Crippen LogP contribution < -0.4 is 14.8 Å². The Labute approximate surface area is 232 Å². The standard InChI is InChI=1S/C28H31NO7S2/c1-38-22-13-11-20(12-14-22)29-28(32)36-27(23-9-5-6-10-24(23)33-18-16-30)25(15-17-34-26(31)19-37)35-21-7-3-2-4-8-21/h2-14,25,27,30,37H,15-19H2,1H3,(H,29,32)/t25-,27-/m0/s1. The van der Waals surface area contributed by atoms with Gasteiger partial charge in [-0.1, -0.05) is 36.4 Å². The highest BCUT2D eigenvalue weighted by Gasteiger charge is 2.32. The zero-order valence-corrected chi connectivity index (χ0v) is 22.7. The summed E-state index contributed by atoms with van der Waals surface area (Å²) in [5.74, 6) is 0.452. The minimum absolute atomic E-state index is 0.0220. The Morgan fingerprint density at radius 3 is 2.37 bits per heavy atom. The fourth-order valence-electron chi connectivity index (χ4n) is 3.56. The summed E-state index contributed by atoms with van der Waals surface area (Å²) < 4.78 is 23.2. The van der Waals surface area contributed by atoms with Crippen molar-refractivity contribution < 1.29 is 33.6 Å². The van der Waals surface area contributed by atoms with Crippen LogP contribution in [0.4, 0.5) is 10.5 Å².